The first-order valence-electron chi connectivity index (χ1n) is 6.20. The van der Waals surface area contributed by atoms with E-state index in [2.05, 4.69) is 23.8 Å². The lowest BCUT2D eigenvalue weighted by molar-refractivity contribution is 0.0937. The van der Waals surface area contributed by atoms with Crippen molar-refractivity contribution in [3.05, 3.63) is 35.1 Å². The first kappa shape index (κ1) is 13.0. The minimum absolute atomic E-state index is 0.328. The van der Waals surface area contributed by atoms with E-state index < -0.39 is 0 Å². The Kier molecular flexibility index (Phi) is 3.95. The molecule has 0 spiro atoms. The Balaban J connectivity index is 2.10. The zero-order valence-corrected chi connectivity index (χ0v) is 10.9. The van der Waals surface area contributed by atoms with Crippen LogP contribution in [-0.4, -0.2) is 42.5 Å². The summed E-state index contributed by atoms with van der Waals surface area (Å²) in [5.41, 5.74) is 1.27. The van der Waals surface area contributed by atoms with Crippen molar-refractivity contribution in [2.75, 3.05) is 26.7 Å². The van der Waals surface area contributed by atoms with Gasteiger partial charge in [0.05, 0.1) is 11.6 Å². The standard InChI is InChI=1S/C14H18FN3/c1-11-9-17(2)3-4-18(11)10-13-5-12(8-16)6-14(15)7-13/h5-7,11H,3-4,9-10H2,1-2H3. The third-order valence-electron chi connectivity index (χ3n) is 3.44. The second-order valence-electron chi connectivity index (χ2n) is 5.04. The Morgan fingerprint density at radius 1 is 1.39 bits per heavy atom. The Hall–Kier alpha value is -1.44. The molecule has 1 heterocycles. The fraction of sp³-hybridized carbons (Fsp3) is 0.500. The number of rotatable bonds is 2. The lowest BCUT2D eigenvalue weighted by Gasteiger charge is -2.38. The van der Waals surface area contributed by atoms with E-state index in [-0.39, 0.29) is 5.82 Å². The second-order valence-corrected chi connectivity index (χ2v) is 5.04. The molecule has 0 N–H and O–H groups in total. The van der Waals surface area contributed by atoms with Gasteiger partial charge in [0.25, 0.3) is 0 Å². The minimum Gasteiger partial charge on any atom is -0.304 e. The molecule has 0 saturated carbocycles. The smallest absolute Gasteiger partial charge is 0.124 e. The number of benzene rings is 1. The SMILES string of the molecule is CC1CN(C)CCN1Cc1cc(F)cc(C#N)c1. The van der Waals surface area contributed by atoms with Gasteiger partial charge in [-0.2, -0.15) is 5.26 Å². The van der Waals surface area contributed by atoms with Crippen molar-refractivity contribution in [2.45, 2.75) is 19.5 Å². The van der Waals surface area contributed by atoms with Gasteiger partial charge in [0.15, 0.2) is 0 Å². The van der Waals surface area contributed by atoms with Gasteiger partial charge < -0.3 is 4.90 Å². The number of halogens is 1. The van der Waals surface area contributed by atoms with Crippen molar-refractivity contribution >= 4 is 0 Å². The van der Waals surface area contributed by atoms with Crippen LogP contribution in [0.3, 0.4) is 0 Å². The number of piperazine rings is 1. The summed E-state index contributed by atoms with van der Waals surface area (Å²) in [5, 5.41) is 8.84. The molecule has 0 bridgehead atoms. The van der Waals surface area contributed by atoms with Crippen molar-refractivity contribution in [3.8, 4) is 6.07 Å². The van der Waals surface area contributed by atoms with E-state index in [9.17, 15) is 4.39 Å². The summed E-state index contributed by atoms with van der Waals surface area (Å²) in [5.74, 6) is -0.328. The van der Waals surface area contributed by atoms with E-state index in [1.807, 2.05) is 6.07 Å². The molecule has 1 aromatic carbocycles. The molecule has 1 atom stereocenters. The monoisotopic (exact) mass is 247 g/mol. The maximum Gasteiger partial charge on any atom is 0.124 e. The molecule has 2 rings (SSSR count). The molecule has 3 nitrogen and oxygen atoms in total. The summed E-state index contributed by atoms with van der Waals surface area (Å²) in [6.45, 7) is 5.93. The van der Waals surface area contributed by atoms with Gasteiger partial charge in [0, 0.05) is 32.2 Å². The molecule has 96 valence electrons. The number of nitriles is 1. The van der Waals surface area contributed by atoms with Gasteiger partial charge in [-0.1, -0.05) is 0 Å². The normalized spacial score (nSPS) is 21.8. The molecular formula is C14H18FN3. The van der Waals surface area contributed by atoms with Crippen molar-refractivity contribution in [2.24, 2.45) is 0 Å². The van der Waals surface area contributed by atoms with Crippen molar-refractivity contribution in [1.29, 1.82) is 5.26 Å². The van der Waals surface area contributed by atoms with Crippen LogP contribution in [0.25, 0.3) is 0 Å². The summed E-state index contributed by atoms with van der Waals surface area (Å²) < 4.78 is 13.4. The number of hydrogen-bond acceptors (Lipinski definition) is 3. The Morgan fingerprint density at radius 2 is 2.17 bits per heavy atom. The zero-order chi connectivity index (χ0) is 13.1. The molecule has 0 radical (unpaired) electrons. The van der Waals surface area contributed by atoms with Crippen LogP contribution >= 0.6 is 0 Å². The highest BCUT2D eigenvalue weighted by Gasteiger charge is 2.21. The quantitative estimate of drug-likeness (QED) is 0.798. The maximum absolute atomic E-state index is 13.4. The molecule has 1 unspecified atom stereocenters. The molecule has 0 aliphatic carbocycles. The Labute approximate surface area is 107 Å². The predicted octanol–water partition coefficient (Wildman–Crippen LogP) is 1.83. The molecule has 1 aliphatic rings. The average molecular weight is 247 g/mol. The van der Waals surface area contributed by atoms with Crippen LogP contribution in [0.2, 0.25) is 0 Å². The molecule has 4 heteroatoms. The number of nitrogens with zero attached hydrogens (tertiary/aromatic N) is 3. The number of likely N-dealkylation sites (N-methyl/N-ethyl adjacent to an activating group) is 1. The fourth-order valence-electron chi connectivity index (χ4n) is 2.45. The molecule has 1 saturated heterocycles. The van der Waals surface area contributed by atoms with E-state index in [0.717, 1.165) is 25.2 Å². The molecule has 0 aromatic heterocycles. The molecular weight excluding hydrogens is 229 g/mol. The Morgan fingerprint density at radius 3 is 2.83 bits per heavy atom. The first-order chi connectivity index (χ1) is 8.58. The zero-order valence-electron chi connectivity index (χ0n) is 10.9. The van der Waals surface area contributed by atoms with Gasteiger partial charge in [-0.3, -0.25) is 4.90 Å². The van der Waals surface area contributed by atoms with E-state index in [0.29, 0.717) is 18.2 Å². The van der Waals surface area contributed by atoms with Crippen LogP contribution < -0.4 is 0 Å². The van der Waals surface area contributed by atoms with Gasteiger partial charge in [-0.25, -0.2) is 4.39 Å². The van der Waals surface area contributed by atoms with E-state index >= 15 is 0 Å². The molecule has 18 heavy (non-hydrogen) atoms. The van der Waals surface area contributed by atoms with Crippen LogP contribution in [0.1, 0.15) is 18.1 Å². The van der Waals surface area contributed by atoms with Crippen LogP contribution in [0.15, 0.2) is 18.2 Å². The lowest BCUT2D eigenvalue weighted by atomic mass is 10.1. The van der Waals surface area contributed by atoms with Gasteiger partial charge in [-0.05, 0) is 37.7 Å². The Bertz CT molecular complexity index is 467. The second kappa shape index (κ2) is 5.47. The highest BCUT2D eigenvalue weighted by Crippen LogP contribution is 2.15. The highest BCUT2D eigenvalue weighted by molar-refractivity contribution is 5.33. The van der Waals surface area contributed by atoms with Crippen LogP contribution in [0.4, 0.5) is 4.39 Å². The molecule has 1 aromatic rings. The summed E-state index contributed by atoms with van der Waals surface area (Å²) in [4.78, 5) is 4.63. The lowest BCUT2D eigenvalue weighted by Crippen LogP contribution is -2.49. The first-order valence-corrected chi connectivity index (χ1v) is 6.20. The van der Waals surface area contributed by atoms with Gasteiger partial charge in [-0.15, -0.1) is 0 Å². The largest absolute Gasteiger partial charge is 0.304 e. The van der Waals surface area contributed by atoms with Gasteiger partial charge in [0.2, 0.25) is 0 Å². The summed E-state index contributed by atoms with van der Waals surface area (Å²) in [6, 6.07) is 7.02. The van der Waals surface area contributed by atoms with Gasteiger partial charge >= 0.3 is 0 Å². The number of hydrogen-bond donors (Lipinski definition) is 0. The predicted molar refractivity (Wildman–Crippen MR) is 68.5 cm³/mol. The third kappa shape index (κ3) is 3.06. The average Bonchev–Trinajstić information content (AvgIpc) is 2.32. The topological polar surface area (TPSA) is 30.3 Å². The maximum atomic E-state index is 13.4. The van der Waals surface area contributed by atoms with Crippen molar-refractivity contribution < 1.29 is 4.39 Å². The van der Waals surface area contributed by atoms with Gasteiger partial charge in [0.1, 0.15) is 5.82 Å². The molecule has 1 fully saturated rings. The molecule has 1 aliphatic heterocycles. The molecule has 0 amide bonds. The summed E-state index contributed by atoms with van der Waals surface area (Å²) in [7, 11) is 2.11. The van der Waals surface area contributed by atoms with Crippen molar-refractivity contribution in [3.63, 3.8) is 0 Å². The van der Waals surface area contributed by atoms with E-state index in [4.69, 9.17) is 5.26 Å². The van der Waals surface area contributed by atoms with Crippen LogP contribution in [-0.2, 0) is 6.54 Å². The van der Waals surface area contributed by atoms with Crippen molar-refractivity contribution in [1.82, 2.24) is 9.80 Å². The summed E-state index contributed by atoms with van der Waals surface area (Å²) >= 11 is 0. The summed E-state index contributed by atoms with van der Waals surface area (Å²) in [6.07, 6.45) is 0. The highest BCUT2D eigenvalue weighted by atomic mass is 19.1. The third-order valence-corrected chi connectivity index (χ3v) is 3.44. The fourth-order valence-corrected chi connectivity index (χ4v) is 2.45. The van der Waals surface area contributed by atoms with E-state index in [1.165, 1.54) is 12.1 Å². The van der Waals surface area contributed by atoms with Crippen LogP contribution in [0.5, 0.6) is 0 Å². The van der Waals surface area contributed by atoms with Crippen LogP contribution in [0, 0.1) is 17.1 Å². The minimum atomic E-state index is -0.328. The van der Waals surface area contributed by atoms with E-state index in [1.54, 1.807) is 6.07 Å².